The van der Waals surface area contributed by atoms with Gasteiger partial charge >= 0.3 is 37.7 Å². The number of aliphatic hydroxyl groups excluding tert-OH is 2. The standard InChI is InChI=1S/C4H10O3.Ca.2ClH/c5-1-3-7-4-2-6;;;/h5-6H,1-4H2;;2*1H/q;+2;;/p-2. The molecule has 0 aliphatic heterocycles. The zero-order valence-corrected chi connectivity index (χ0v) is 9.31. The summed E-state index contributed by atoms with van der Waals surface area (Å²) in [6.07, 6.45) is 0. The van der Waals surface area contributed by atoms with Crippen LogP contribution in [-0.2, 0) is 4.74 Å². The Morgan fingerprint density at radius 1 is 0.900 bits per heavy atom. The maximum Gasteiger partial charge on any atom is 2.00 e. The zero-order chi connectivity index (χ0) is 5.54. The van der Waals surface area contributed by atoms with Crippen molar-refractivity contribution in [2.24, 2.45) is 0 Å². The average Bonchev–Trinajstić information content (AvgIpc) is 1.69. The SMILES string of the molecule is OCCOCCO.[Ca+2].[Cl-].[Cl-]. The zero-order valence-electron chi connectivity index (χ0n) is 5.59. The van der Waals surface area contributed by atoms with Crippen LogP contribution < -0.4 is 24.8 Å². The van der Waals surface area contributed by atoms with Crippen molar-refractivity contribution in [3.05, 3.63) is 0 Å². The number of halogens is 2. The molecule has 6 heteroatoms. The number of hydrogen-bond acceptors (Lipinski definition) is 3. The topological polar surface area (TPSA) is 49.7 Å². The van der Waals surface area contributed by atoms with Crippen molar-refractivity contribution in [1.29, 1.82) is 0 Å². The van der Waals surface area contributed by atoms with Gasteiger partial charge in [-0.05, 0) is 0 Å². The van der Waals surface area contributed by atoms with Gasteiger partial charge in [0.15, 0.2) is 0 Å². The van der Waals surface area contributed by atoms with Crippen molar-refractivity contribution in [2.45, 2.75) is 0 Å². The molecular formula is C4H10CaCl2O3. The first-order valence-electron chi connectivity index (χ1n) is 2.21. The van der Waals surface area contributed by atoms with E-state index in [0.717, 1.165) is 0 Å². The summed E-state index contributed by atoms with van der Waals surface area (Å²) in [5.74, 6) is 0. The quantitative estimate of drug-likeness (QED) is 0.363. The molecule has 0 aromatic carbocycles. The Labute approximate surface area is 103 Å². The molecule has 0 rings (SSSR count). The second-order valence-corrected chi connectivity index (χ2v) is 1.06. The molecule has 10 heavy (non-hydrogen) atoms. The summed E-state index contributed by atoms with van der Waals surface area (Å²) >= 11 is 0. The van der Waals surface area contributed by atoms with Crippen molar-refractivity contribution in [3.8, 4) is 0 Å². The third-order valence-corrected chi connectivity index (χ3v) is 0.471. The second kappa shape index (κ2) is 22.4. The van der Waals surface area contributed by atoms with Gasteiger partial charge in [-0.2, -0.15) is 0 Å². The van der Waals surface area contributed by atoms with E-state index in [0.29, 0.717) is 13.2 Å². The third-order valence-electron chi connectivity index (χ3n) is 0.471. The van der Waals surface area contributed by atoms with Crippen LogP contribution in [0.15, 0.2) is 0 Å². The third kappa shape index (κ3) is 22.6. The molecular weight excluding hydrogens is 207 g/mol. The van der Waals surface area contributed by atoms with Crippen LogP contribution in [0.25, 0.3) is 0 Å². The first-order chi connectivity index (χ1) is 3.41. The van der Waals surface area contributed by atoms with Gasteiger partial charge in [-0.25, -0.2) is 0 Å². The van der Waals surface area contributed by atoms with Gasteiger partial charge in [0.1, 0.15) is 0 Å². The van der Waals surface area contributed by atoms with Gasteiger partial charge in [0.2, 0.25) is 0 Å². The number of hydrogen-bond donors (Lipinski definition) is 2. The van der Waals surface area contributed by atoms with Crippen molar-refractivity contribution < 1.29 is 39.8 Å². The van der Waals surface area contributed by atoms with Crippen LogP contribution in [0.3, 0.4) is 0 Å². The van der Waals surface area contributed by atoms with Gasteiger partial charge < -0.3 is 39.8 Å². The fourth-order valence-corrected chi connectivity index (χ4v) is 0.231. The van der Waals surface area contributed by atoms with E-state index in [9.17, 15) is 0 Å². The van der Waals surface area contributed by atoms with Gasteiger partial charge in [0.25, 0.3) is 0 Å². The van der Waals surface area contributed by atoms with E-state index in [4.69, 9.17) is 10.2 Å². The summed E-state index contributed by atoms with van der Waals surface area (Å²) in [7, 11) is 0. The molecule has 0 atom stereocenters. The average molecular weight is 217 g/mol. The van der Waals surface area contributed by atoms with Crippen LogP contribution in [0.4, 0.5) is 0 Å². The van der Waals surface area contributed by atoms with E-state index >= 15 is 0 Å². The minimum Gasteiger partial charge on any atom is -1.00 e. The van der Waals surface area contributed by atoms with Crippen LogP contribution in [0.2, 0.25) is 0 Å². The van der Waals surface area contributed by atoms with Crippen LogP contribution in [0.1, 0.15) is 0 Å². The largest absolute Gasteiger partial charge is 2.00 e. The predicted molar refractivity (Wildman–Crippen MR) is 30.7 cm³/mol. The Morgan fingerprint density at radius 3 is 1.40 bits per heavy atom. The Morgan fingerprint density at radius 2 is 1.20 bits per heavy atom. The maximum absolute atomic E-state index is 8.09. The summed E-state index contributed by atoms with van der Waals surface area (Å²) in [6, 6.07) is 0. The molecule has 0 aromatic rings. The Hall–Kier alpha value is 1.72. The molecule has 0 aliphatic carbocycles. The van der Waals surface area contributed by atoms with Gasteiger partial charge in [-0.15, -0.1) is 0 Å². The molecule has 0 unspecified atom stereocenters. The van der Waals surface area contributed by atoms with E-state index in [2.05, 4.69) is 4.74 Å². The molecule has 0 fully saturated rings. The van der Waals surface area contributed by atoms with Crippen LogP contribution >= 0.6 is 0 Å². The maximum atomic E-state index is 8.09. The molecule has 2 N–H and O–H groups in total. The van der Waals surface area contributed by atoms with E-state index in [-0.39, 0.29) is 75.8 Å². The fourth-order valence-electron chi connectivity index (χ4n) is 0.231. The van der Waals surface area contributed by atoms with Gasteiger partial charge in [-0.1, -0.05) is 0 Å². The van der Waals surface area contributed by atoms with Crippen molar-refractivity contribution in [2.75, 3.05) is 26.4 Å². The summed E-state index contributed by atoms with van der Waals surface area (Å²) < 4.78 is 4.63. The minimum atomic E-state index is 0. The van der Waals surface area contributed by atoms with E-state index < -0.39 is 0 Å². The molecule has 0 heterocycles. The molecule has 0 amide bonds. The van der Waals surface area contributed by atoms with Crippen molar-refractivity contribution in [3.63, 3.8) is 0 Å². The summed E-state index contributed by atoms with van der Waals surface area (Å²) in [4.78, 5) is 0. The van der Waals surface area contributed by atoms with Crippen LogP contribution in [-0.4, -0.2) is 74.4 Å². The number of ether oxygens (including phenoxy) is 1. The molecule has 0 aromatic heterocycles. The van der Waals surface area contributed by atoms with Crippen molar-refractivity contribution >= 4 is 37.7 Å². The van der Waals surface area contributed by atoms with E-state index in [1.165, 1.54) is 0 Å². The Balaban J connectivity index is -0.0000000600. The fraction of sp³-hybridized carbons (Fsp3) is 1.00. The van der Waals surface area contributed by atoms with E-state index in [1.54, 1.807) is 0 Å². The minimum absolute atomic E-state index is 0. The molecule has 60 valence electrons. The summed E-state index contributed by atoms with van der Waals surface area (Å²) in [6.45, 7) is 0.696. The molecule has 0 aliphatic rings. The summed E-state index contributed by atoms with van der Waals surface area (Å²) in [5.41, 5.74) is 0. The summed E-state index contributed by atoms with van der Waals surface area (Å²) in [5, 5.41) is 16.2. The normalized spacial score (nSPS) is 6.60. The van der Waals surface area contributed by atoms with Crippen LogP contribution in [0.5, 0.6) is 0 Å². The smallest absolute Gasteiger partial charge is 1.00 e. The first kappa shape index (κ1) is 22.6. The molecule has 0 radical (unpaired) electrons. The molecule has 0 saturated carbocycles. The first-order valence-corrected chi connectivity index (χ1v) is 2.21. The molecule has 3 nitrogen and oxygen atoms in total. The number of rotatable bonds is 4. The second-order valence-electron chi connectivity index (χ2n) is 1.06. The molecule has 0 spiro atoms. The predicted octanol–water partition coefficient (Wildman–Crippen LogP) is -7.39. The monoisotopic (exact) mass is 216 g/mol. The van der Waals surface area contributed by atoms with Crippen molar-refractivity contribution in [1.82, 2.24) is 0 Å². The number of aliphatic hydroxyl groups is 2. The van der Waals surface area contributed by atoms with Crippen LogP contribution in [0, 0.1) is 0 Å². The molecule has 0 saturated heterocycles. The Bertz CT molecular complexity index is 37.7. The van der Waals surface area contributed by atoms with Gasteiger partial charge in [0, 0.05) is 0 Å². The Kier molecular flexibility index (Phi) is 50.7. The van der Waals surface area contributed by atoms with Gasteiger partial charge in [-0.3, -0.25) is 0 Å². The molecule has 0 bridgehead atoms. The van der Waals surface area contributed by atoms with Gasteiger partial charge in [0.05, 0.1) is 26.4 Å². The van der Waals surface area contributed by atoms with E-state index in [1.807, 2.05) is 0 Å².